The van der Waals surface area contributed by atoms with Crippen LogP contribution in [0.25, 0.3) is 0 Å². The maximum atomic E-state index is 12.5. The van der Waals surface area contributed by atoms with Crippen molar-refractivity contribution in [3.8, 4) is 11.5 Å². The molecular weight excluding hydrogens is 335 g/mol. The van der Waals surface area contributed by atoms with Gasteiger partial charge in [0.1, 0.15) is 11.5 Å². The van der Waals surface area contributed by atoms with E-state index in [-0.39, 0.29) is 11.4 Å². The maximum Gasteiger partial charge on any atom is 0.416 e. The largest absolute Gasteiger partial charge is 0.455 e. The van der Waals surface area contributed by atoms with E-state index in [1.165, 1.54) is 6.07 Å². The highest BCUT2D eigenvalue weighted by Gasteiger charge is 2.31. The Morgan fingerprint density at radius 3 is 2.35 bits per heavy atom. The number of hydrogen-bond acceptors (Lipinski definition) is 2. The molecule has 0 saturated heterocycles. The fourth-order valence-corrected chi connectivity index (χ4v) is 1.96. The predicted molar refractivity (Wildman–Crippen MR) is 74.8 cm³/mol. The number of hydrogen-bond donors (Lipinski definition) is 1. The van der Waals surface area contributed by atoms with Crippen molar-refractivity contribution in [2.45, 2.75) is 13.1 Å². The van der Waals surface area contributed by atoms with Crippen LogP contribution in [0.5, 0.6) is 11.5 Å². The molecule has 0 saturated carbocycles. The molecule has 0 spiro atoms. The Bertz CT molecular complexity index is 641. The van der Waals surface area contributed by atoms with Gasteiger partial charge >= 0.3 is 6.18 Å². The van der Waals surface area contributed by atoms with Gasteiger partial charge in [0.25, 0.3) is 0 Å². The van der Waals surface area contributed by atoms with Gasteiger partial charge in [-0.25, -0.2) is 0 Å². The number of ether oxygens (including phenoxy) is 1. The lowest BCUT2D eigenvalue weighted by Crippen LogP contribution is -2.06. The topological polar surface area (TPSA) is 35.2 Å². The van der Waals surface area contributed by atoms with E-state index in [1.54, 1.807) is 6.07 Å². The highest BCUT2D eigenvalue weighted by molar-refractivity contribution is 9.10. The molecule has 2 rings (SSSR count). The molecule has 0 fully saturated rings. The second-order valence-electron chi connectivity index (χ2n) is 4.26. The van der Waals surface area contributed by atoms with Crippen LogP contribution in [0.1, 0.15) is 11.1 Å². The van der Waals surface area contributed by atoms with Crippen molar-refractivity contribution in [3.63, 3.8) is 0 Å². The standard InChI is InChI=1S/C14H11BrF3NO/c1-8-2-4-10(15)7-13(8)20-12-5-3-9(6-11(12)19)14(16,17)18/h2-7H,19H2,1H3. The normalized spacial score (nSPS) is 11.4. The average Bonchev–Trinajstić information content (AvgIpc) is 2.35. The minimum atomic E-state index is -4.42. The maximum absolute atomic E-state index is 12.5. The summed E-state index contributed by atoms with van der Waals surface area (Å²) in [6.45, 7) is 1.84. The zero-order valence-corrected chi connectivity index (χ0v) is 12.0. The fourth-order valence-electron chi connectivity index (χ4n) is 1.62. The summed E-state index contributed by atoms with van der Waals surface area (Å²) in [4.78, 5) is 0. The molecule has 0 aliphatic carbocycles. The first-order chi connectivity index (χ1) is 9.27. The van der Waals surface area contributed by atoms with Gasteiger partial charge in [-0.15, -0.1) is 0 Å². The zero-order chi connectivity index (χ0) is 14.9. The summed E-state index contributed by atoms with van der Waals surface area (Å²) in [5.74, 6) is 0.727. The molecule has 0 radical (unpaired) electrons. The number of rotatable bonds is 2. The number of anilines is 1. The summed E-state index contributed by atoms with van der Waals surface area (Å²) >= 11 is 3.31. The van der Waals surface area contributed by atoms with Crippen LogP contribution in [-0.4, -0.2) is 0 Å². The first-order valence-corrected chi connectivity index (χ1v) is 6.47. The van der Waals surface area contributed by atoms with E-state index >= 15 is 0 Å². The molecule has 2 N–H and O–H groups in total. The SMILES string of the molecule is Cc1ccc(Br)cc1Oc1ccc(C(F)(F)F)cc1N. The number of nitrogens with two attached hydrogens (primary N) is 1. The predicted octanol–water partition coefficient (Wildman–Crippen LogP) is 5.15. The van der Waals surface area contributed by atoms with Gasteiger partial charge in [-0.3, -0.25) is 0 Å². The third-order valence-corrected chi connectivity index (χ3v) is 3.20. The number of benzene rings is 2. The zero-order valence-electron chi connectivity index (χ0n) is 10.5. The Hall–Kier alpha value is -1.69. The second-order valence-corrected chi connectivity index (χ2v) is 5.18. The van der Waals surface area contributed by atoms with Gasteiger partial charge in [0.15, 0.2) is 0 Å². The average molecular weight is 346 g/mol. The lowest BCUT2D eigenvalue weighted by atomic mass is 10.2. The van der Waals surface area contributed by atoms with Gasteiger partial charge in [-0.1, -0.05) is 22.0 Å². The van der Waals surface area contributed by atoms with Crippen molar-refractivity contribution in [3.05, 3.63) is 52.0 Å². The van der Waals surface area contributed by atoms with E-state index in [2.05, 4.69) is 15.9 Å². The molecule has 0 heterocycles. The Kier molecular flexibility index (Phi) is 3.94. The molecule has 0 aliphatic heterocycles. The first-order valence-electron chi connectivity index (χ1n) is 5.68. The summed E-state index contributed by atoms with van der Waals surface area (Å²) in [6.07, 6.45) is -4.42. The molecule has 0 bridgehead atoms. The summed E-state index contributed by atoms with van der Waals surface area (Å²) in [5, 5.41) is 0. The van der Waals surface area contributed by atoms with Crippen LogP contribution >= 0.6 is 15.9 Å². The summed E-state index contributed by atoms with van der Waals surface area (Å²) in [6, 6.07) is 8.44. The molecule has 0 aromatic heterocycles. The molecule has 6 heteroatoms. The van der Waals surface area contributed by atoms with Crippen LogP contribution in [-0.2, 0) is 6.18 Å². The van der Waals surface area contributed by atoms with Gasteiger partial charge in [0.05, 0.1) is 11.3 Å². The molecule has 20 heavy (non-hydrogen) atoms. The Balaban J connectivity index is 2.33. The number of nitrogen functional groups attached to an aromatic ring is 1. The van der Waals surface area contributed by atoms with Crippen LogP contribution in [0.4, 0.5) is 18.9 Å². The number of alkyl halides is 3. The molecule has 0 unspecified atom stereocenters. The number of aryl methyl sites for hydroxylation is 1. The lowest BCUT2D eigenvalue weighted by Gasteiger charge is -2.13. The van der Waals surface area contributed by atoms with Crippen molar-refractivity contribution in [2.75, 3.05) is 5.73 Å². The van der Waals surface area contributed by atoms with E-state index < -0.39 is 11.7 Å². The van der Waals surface area contributed by atoms with E-state index in [1.807, 2.05) is 19.1 Å². The van der Waals surface area contributed by atoms with Crippen molar-refractivity contribution < 1.29 is 17.9 Å². The van der Waals surface area contributed by atoms with Gasteiger partial charge in [-0.05, 0) is 42.8 Å². The highest BCUT2D eigenvalue weighted by atomic mass is 79.9. The van der Waals surface area contributed by atoms with Crippen LogP contribution in [0.15, 0.2) is 40.9 Å². The quantitative estimate of drug-likeness (QED) is 0.763. The van der Waals surface area contributed by atoms with Gasteiger partial charge in [-0.2, -0.15) is 13.2 Å². The Morgan fingerprint density at radius 2 is 1.75 bits per heavy atom. The van der Waals surface area contributed by atoms with Crippen LogP contribution in [0.2, 0.25) is 0 Å². The molecule has 0 atom stereocenters. The molecule has 106 valence electrons. The second kappa shape index (κ2) is 5.36. The van der Waals surface area contributed by atoms with Gasteiger partial charge < -0.3 is 10.5 Å². The molecule has 2 aromatic rings. The summed E-state index contributed by atoms with van der Waals surface area (Å²) in [5.41, 5.74) is 5.62. The smallest absolute Gasteiger partial charge is 0.416 e. The fraction of sp³-hybridized carbons (Fsp3) is 0.143. The van der Waals surface area contributed by atoms with Crippen LogP contribution in [0, 0.1) is 6.92 Å². The van der Waals surface area contributed by atoms with Crippen LogP contribution in [0.3, 0.4) is 0 Å². The third-order valence-electron chi connectivity index (χ3n) is 2.71. The monoisotopic (exact) mass is 345 g/mol. The highest BCUT2D eigenvalue weighted by Crippen LogP contribution is 2.36. The first kappa shape index (κ1) is 14.7. The van der Waals surface area contributed by atoms with Crippen molar-refractivity contribution >= 4 is 21.6 Å². The Labute approximate surface area is 122 Å². The van der Waals surface area contributed by atoms with E-state index in [0.29, 0.717) is 5.75 Å². The minimum absolute atomic E-state index is 0.0563. The minimum Gasteiger partial charge on any atom is -0.455 e. The molecule has 0 aliphatic rings. The summed E-state index contributed by atoms with van der Waals surface area (Å²) < 4.78 is 44.0. The molecule has 2 nitrogen and oxygen atoms in total. The van der Waals surface area contributed by atoms with E-state index in [4.69, 9.17) is 10.5 Å². The summed E-state index contributed by atoms with van der Waals surface area (Å²) in [7, 11) is 0. The van der Waals surface area contributed by atoms with Crippen molar-refractivity contribution in [2.24, 2.45) is 0 Å². The van der Waals surface area contributed by atoms with E-state index in [0.717, 1.165) is 22.2 Å². The van der Waals surface area contributed by atoms with Crippen molar-refractivity contribution in [1.82, 2.24) is 0 Å². The molecular formula is C14H11BrF3NO. The van der Waals surface area contributed by atoms with Gasteiger partial charge in [0, 0.05) is 4.47 Å². The van der Waals surface area contributed by atoms with Crippen LogP contribution < -0.4 is 10.5 Å². The van der Waals surface area contributed by atoms with Gasteiger partial charge in [0.2, 0.25) is 0 Å². The van der Waals surface area contributed by atoms with E-state index in [9.17, 15) is 13.2 Å². The lowest BCUT2D eigenvalue weighted by molar-refractivity contribution is -0.137. The Morgan fingerprint density at radius 1 is 1.05 bits per heavy atom. The number of halogens is 4. The third kappa shape index (κ3) is 3.25. The molecule has 0 amide bonds. The molecule has 2 aromatic carbocycles. The van der Waals surface area contributed by atoms with Crippen molar-refractivity contribution in [1.29, 1.82) is 0 Å².